The highest BCUT2D eigenvalue weighted by Crippen LogP contribution is 2.40. The molecule has 2 rings (SSSR count). The lowest BCUT2D eigenvalue weighted by atomic mass is 9.89. The Morgan fingerprint density at radius 3 is 2.61 bits per heavy atom. The summed E-state index contributed by atoms with van der Waals surface area (Å²) in [7, 11) is 0. The quantitative estimate of drug-likeness (QED) is 0.824. The third kappa shape index (κ3) is 2.62. The number of hydrogen-bond acceptors (Lipinski definition) is 4. The summed E-state index contributed by atoms with van der Waals surface area (Å²) in [5.74, 6) is -0.649. The molecule has 0 unspecified atom stereocenters. The Bertz CT molecular complexity index is 297. The van der Waals surface area contributed by atoms with Crippen LogP contribution in [-0.4, -0.2) is 36.7 Å². The molecule has 1 saturated carbocycles. The van der Waals surface area contributed by atoms with Crippen LogP contribution in [-0.2, 0) is 14.2 Å². The second-order valence-corrected chi connectivity index (χ2v) is 5.12. The molecule has 0 bridgehead atoms. The Balaban J connectivity index is 2.04. The van der Waals surface area contributed by atoms with Crippen LogP contribution in [0.1, 0.15) is 46.5 Å². The van der Waals surface area contributed by atoms with Crippen molar-refractivity contribution in [2.75, 3.05) is 6.61 Å². The number of nitrogens with one attached hydrogen (secondary N) is 1. The zero-order valence-electron chi connectivity index (χ0n) is 11.4. The van der Waals surface area contributed by atoms with Crippen molar-refractivity contribution in [2.45, 2.75) is 70.5 Å². The molecule has 2 fully saturated rings. The van der Waals surface area contributed by atoms with Crippen LogP contribution in [0.25, 0.3) is 0 Å². The molecule has 0 aromatic carbocycles. The van der Waals surface area contributed by atoms with Crippen molar-refractivity contribution in [3.8, 4) is 0 Å². The summed E-state index contributed by atoms with van der Waals surface area (Å²) in [5.41, 5.74) is 0. The van der Waals surface area contributed by atoms with Crippen LogP contribution < -0.4 is 5.32 Å². The van der Waals surface area contributed by atoms with E-state index >= 15 is 0 Å². The Morgan fingerprint density at radius 1 is 1.33 bits per heavy atom. The molecular weight excluding hydrogens is 234 g/mol. The van der Waals surface area contributed by atoms with Crippen molar-refractivity contribution in [1.82, 2.24) is 5.32 Å². The van der Waals surface area contributed by atoms with Crippen molar-refractivity contribution in [3.05, 3.63) is 0 Å². The van der Waals surface area contributed by atoms with E-state index in [-0.39, 0.29) is 24.3 Å². The summed E-state index contributed by atoms with van der Waals surface area (Å²) < 4.78 is 16.9. The third-order valence-electron chi connectivity index (χ3n) is 3.80. The largest absolute Gasteiger partial charge is 0.450 e. The van der Waals surface area contributed by atoms with Crippen LogP contribution >= 0.6 is 0 Å². The molecule has 104 valence electrons. The van der Waals surface area contributed by atoms with Gasteiger partial charge in [-0.15, -0.1) is 0 Å². The van der Waals surface area contributed by atoms with Gasteiger partial charge in [-0.3, -0.25) is 0 Å². The van der Waals surface area contributed by atoms with Crippen LogP contribution in [0.2, 0.25) is 0 Å². The molecule has 3 atom stereocenters. The lowest BCUT2D eigenvalue weighted by Crippen LogP contribution is -2.55. The average Bonchev–Trinajstić information content (AvgIpc) is 2.59. The maximum Gasteiger partial charge on any atom is 0.407 e. The van der Waals surface area contributed by atoms with Gasteiger partial charge in [0.25, 0.3) is 0 Å². The minimum Gasteiger partial charge on any atom is -0.450 e. The lowest BCUT2D eigenvalue weighted by Gasteiger charge is -2.39. The molecule has 0 aromatic rings. The molecule has 18 heavy (non-hydrogen) atoms. The van der Waals surface area contributed by atoms with Crippen molar-refractivity contribution in [3.63, 3.8) is 0 Å². The molecule has 0 aromatic heterocycles. The second kappa shape index (κ2) is 5.45. The third-order valence-corrected chi connectivity index (χ3v) is 3.80. The van der Waals surface area contributed by atoms with Gasteiger partial charge < -0.3 is 19.5 Å². The maximum atomic E-state index is 11.6. The van der Waals surface area contributed by atoms with Gasteiger partial charge in [-0.05, 0) is 33.6 Å². The van der Waals surface area contributed by atoms with Gasteiger partial charge >= 0.3 is 6.09 Å². The van der Waals surface area contributed by atoms with Gasteiger partial charge in [-0.1, -0.05) is 6.42 Å². The first kappa shape index (κ1) is 13.6. The maximum absolute atomic E-state index is 11.6. The topological polar surface area (TPSA) is 56.8 Å². The van der Waals surface area contributed by atoms with E-state index in [4.69, 9.17) is 14.2 Å². The van der Waals surface area contributed by atoms with E-state index in [9.17, 15) is 4.79 Å². The van der Waals surface area contributed by atoms with Crippen molar-refractivity contribution in [1.29, 1.82) is 0 Å². The minimum absolute atomic E-state index is 0.0644. The van der Waals surface area contributed by atoms with E-state index in [0.717, 1.165) is 25.7 Å². The van der Waals surface area contributed by atoms with Gasteiger partial charge in [0.2, 0.25) is 0 Å². The number of rotatable bonds is 2. The number of alkyl carbamates (subject to hydrolysis) is 1. The van der Waals surface area contributed by atoms with Crippen molar-refractivity contribution >= 4 is 6.09 Å². The first-order valence-corrected chi connectivity index (χ1v) is 6.86. The van der Waals surface area contributed by atoms with Gasteiger partial charge in [-0.25, -0.2) is 4.79 Å². The Hall–Kier alpha value is -0.810. The Labute approximate surface area is 108 Å². The molecule has 1 spiro atoms. The van der Waals surface area contributed by atoms with Crippen molar-refractivity contribution < 1.29 is 19.0 Å². The number of ether oxygens (including phenoxy) is 3. The molecule has 1 saturated heterocycles. The Kier molecular flexibility index (Phi) is 4.12. The number of hydrogen-bond donors (Lipinski definition) is 1. The second-order valence-electron chi connectivity index (χ2n) is 5.12. The van der Waals surface area contributed by atoms with E-state index in [1.54, 1.807) is 6.92 Å². The first-order valence-electron chi connectivity index (χ1n) is 6.86. The van der Waals surface area contributed by atoms with Gasteiger partial charge in [0.1, 0.15) is 0 Å². The summed E-state index contributed by atoms with van der Waals surface area (Å²) in [6, 6.07) is -0.113. The fourth-order valence-electron chi connectivity index (χ4n) is 2.74. The molecule has 2 aliphatic rings. The molecule has 5 nitrogen and oxygen atoms in total. The standard InChI is InChI=1S/C13H23NO4/c1-4-16-12(15)14-11-7-5-6-8-13(11)17-9(2)10(3)18-13/h9-11H,4-8H2,1-3H3,(H,14,15)/t9-,10-,11-/m1/s1. The van der Waals surface area contributed by atoms with Crippen LogP contribution in [0, 0.1) is 0 Å². The molecule has 5 heteroatoms. The zero-order chi connectivity index (χ0) is 13.2. The summed E-state index contributed by atoms with van der Waals surface area (Å²) in [5, 5.41) is 2.88. The first-order chi connectivity index (χ1) is 8.57. The van der Waals surface area contributed by atoms with E-state index < -0.39 is 5.79 Å². The van der Waals surface area contributed by atoms with Crippen LogP contribution in [0.15, 0.2) is 0 Å². The van der Waals surface area contributed by atoms with E-state index in [1.807, 2.05) is 13.8 Å². The molecular formula is C13H23NO4. The van der Waals surface area contributed by atoms with Gasteiger partial charge in [-0.2, -0.15) is 0 Å². The summed E-state index contributed by atoms with van der Waals surface area (Å²) in [6.45, 7) is 6.19. The van der Waals surface area contributed by atoms with Gasteiger partial charge in [0.15, 0.2) is 5.79 Å². The smallest absolute Gasteiger partial charge is 0.407 e. The van der Waals surface area contributed by atoms with Crippen molar-refractivity contribution in [2.24, 2.45) is 0 Å². The van der Waals surface area contributed by atoms with Gasteiger partial charge in [0.05, 0.1) is 24.9 Å². The predicted octanol–water partition coefficient (Wildman–Crippen LogP) is 2.20. The van der Waals surface area contributed by atoms with Crippen LogP contribution in [0.4, 0.5) is 4.79 Å². The molecule has 1 amide bonds. The fraction of sp³-hybridized carbons (Fsp3) is 0.923. The van der Waals surface area contributed by atoms with E-state index in [0.29, 0.717) is 6.61 Å². The lowest BCUT2D eigenvalue weighted by molar-refractivity contribution is -0.207. The molecule has 1 heterocycles. The number of carbonyl (C=O) groups is 1. The average molecular weight is 257 g/mol. The fourth-order valence-corrected chi connectivity index (χ4v) is 2.74. The SMILES string of the molecule is CCOC(=O)N[C@@H]1CCCCC12O[C@H](C)[C@@H](C)O2. The predicted molar refractivity (Wildman–Crippen MR) is 66.2 cm³/mol. The van der Waals surface area contributed by atoms with Crippen LogP contribution in [0.5, 0.6) is 0 Å². The normalized spacial score (nSPS) is 34.5. The molecule has 1 aliphatic carbocycles. The van der Waals surface area contributed by atoms with Crippen LogP contribution in [0.3, 0.4) is 0 Å². The summed E-state index contributed by atoms with van der Waals surface area (Å²) >= 11 is 0. The summed E-state index contributed by atoms with van der Waals surface area (Å²) in [6.07, 6.45) is 3.60. The zero-order valence-corrected chi connectivity index (χ0v) is 11.4. The van der Waals surface area contributed by atoms with Gasteiger partial charge in [0, 0.05) is 6.42 Å². The Morgan fingerprint density at radius 2 is 2.00 bits per heavy atom. The minimum atomic E-state index is -0.649. The highest BCUT2D eigenvalue weighted by Gasteiger charge is 2.51. The highest BCUT2D eigenvalue weighted by molar-refractivity contribution is 5.67. The monoisotopic (exact) mass is 257 g/mol. The number of amides is 1. The summed E-state index contributed by atoms with van der Waals surface area (Å²) in [4.78, 5) is 11.6. The molecule has 1 aliphatic heterocycles. The molecule has 1 N–H and O–H groups in total. The highest BCUT2D eigenvalue weighted by atomic mass is 16.8. The number of carbonyl (C=O) groups excluding carboxylic acids is 1. The van der Waals surface area contributed by atoms with E-state index in [1.165, 1.54) is 0 Å². The van der Waals surface area contributed by atoms with E-state index in [2.05, 4.69) is 5.32 Å². The molecule has 0 radical (unpaired) electrons.